The first-order valence-corrected chi connectivity index (χ1v) is 5.09. The largest absolute Gasteiger partial charge is 0.481 e. The molecule has 80 valence electrons. The molecule has 1 aromatic carbocycles. The number of rotatable bonds is 3. The second-order valence-electron chi connectivity index (χ2n) is 4.28. The Kier molecular flexibility index (Phi) is 2.39. The molecule has 2 rings (SSSR count). The van der Waals surface area contributed by atoms with Crippen LogP contribution in [0.2, 0.25) is 0 Å². The van der Waals surface area contributed by atoms with Crippen LogP contribution in [0.3, 0.4) is 0 Å². The zero-order valence-corrected chi connectivity index (χ0v) is 8.97. The van der Waals surface area contributed by atoms with Gasteiger partial charge in [-0.25, -0.2) is 0 Å². The van der Waals surface area contributed by atoms with Crippen molar-refractivity contribution in [2.45, 2.75) is 12.3 Å². The van der Waals surface area contributed by atoms with Crippen LogP contribution in [0.15, 0.2) is 24.3 Å². The van der Waals surface area contributed by atoms with Gasteiger partial charge >= 0.3 is 5.97 Å². The standard InChI is InChI=1S/C12H15NO2/c1-13(2)9-5-3-4-8(6-9)10-7-11(10)12(14)15/h3-6,10-11H,7H2,1-2H3,(H,14,15)/t10-,11+/m0/s1. The van der Waals surface area contributed by atoms with E-state index in [-0.39, 0.29) is 11.8 Å². The number of benzene rings is 1. The van der Waals surface area contributed by atoms with Crippen LogP contribution in [0.4, 0.5) is 5.69 Å². The van der Waals surface area contributed by atoms with Crippen LogP contribution >= 0.6 is 0 Å². The molecule has 1 aromatic rings. The maximum absolute atomic E-state index is 10.8. The van der Waals surface area contributed by atoms with Crippen LogP contribution in [-0.2, 0) is 4.79 Å². The second kappa shape index (κ2) is 3.57. The van der Waals surface area contributed by atoms with Gasteiger partial charge in [-0.2, -0.15) is 0 Å². The van der Waals surface area contributed by atoms with Gasteiger partial charge in [0.2, 0.25) is 0 Å². The first-order chi connectivity index (χ1) is 7.09. The first kappa shape index (κ1) is 10.0. The molecular weight excluding hydrogens is 190 g/mol. The van der Waals surface area contributed by atoms with Crippen molar-refractivity contribution in [3.63, 3.8) is 0 Å². The van der Waals surface area contributed by atoms with Crippen molar-refractivity contribution < 1.29 is 9.90 Å². The van der Waals surface area contributed by atoms with E-state index in [0.29, 0.717) is 0 Å². The third-order valence-electron chi connectivity index (χ3n) is 2.92. The van der Waals surface area contributed by atoms with Gasteiger partial charge in [0.25, 0.3) is 0 Å². The predicted octanol–water partition coefficient (Wildman–Crippen LogP) is 1.94. The van der Waals surface area contributed by atoms with E-state index in [2.05, 4.69) is 6.07 Å². The zero-order valence-electron chi connectivity index (χ0n) is 8.97. The summed E-state index contributed by atoms with van der Waals surface area (Å²) in [6, 6.07) is 8.11. The number of carbonyl (C=O) groups is 1. The summed E-state index contributed by atoms with van der Waals surface area (Å²) in [5.41, 5.74) is 2.28. The summed E-state index contributed by atoms with van der Waals surface area (Å²) in [5, 5.41) is 8.85. The van der Waals surface area contributed by atoms with Gasteiger partial charge in [-0.1, -0.05) is 12.1 Å². The molecule has 1 fully saturated rings. The van der Waals surface area contributed by atoms with Gasteiger partial charge in [-0.05, 0) is 30.0 Å². The van der Waals surface area contributed by atoms with Gasteiger partial charge in [-0.3, -0.25) is 4.79 Å². The Morgan fingerprint density at radius 3 is 2.73 bits per heavy atom. The molecule has 1 aliphatic rings. The topological polar surface area (TPSA) is 40.5 Å². The molecule has 1 saturated carbocycles. The Labute approximate surface area is 89.3 Å². The van der Waals surface area contributed by atoms with Crippen molar-refractivity contribution in [2.75, 3.05) is 19.0 Å². The molecule has 0 heterocycles. The molecular formula is C12H15NO2. The van der Waals surface area contributed by atoms with Crippen LogP contribution < -0.4 is 4.90 Å². The lowest BCUT2D eigenvalue weighted by molar-refractivity contribution is -0.138. The number of hydrogen-bond acceptors (Lipinski definition) is 2. The minimum absolute atomic E-state index is 0.164. The normalized spacial score (nSPS) is 23.6. The maximum atomic E-state index is 10.8. The fraction of sp³-hybridized carbons (Fsp3) is 0.417. The van der Waals surface area contributed by atoms with E-state index in [1.165, 1.54) is 0 Å². The van der Waals surface area contributed by atoms with Gasteiger partial charge in [0.1, 0.15) is 0 Å². The number of hydrogen-bond donors (Lipinski definition) is 1. The summed E-state index contributed by atoms with van der Waals surface area (Å²) in [5.74, 6) is -0.611. The van der Waals surface area contributed by atoms with Gasteiger partial charge < -0.3 is 10.0 Å². The van der Waals surface area contributed by atoms with Crippen molar-refractivity contribution in [2.24, 2.45) is 5.92 Å². The van der Waals surface area contributed by atoms with E-state index in [4.69, 9.17) is 5.11 Å². The SMILES string of the molecule is CN(C)c1cccc([C@@H]2C[C@H]2C(=O)O)c1. The highest BCUT2D eigenvalue weighted by atomic mass is 16.4. The lowest BCUT2D eigenvalue weighted by Gasteiger charge is -2.13. The Hall–Kier alpha value is -1.51. The molecule has 0 radical (unpaired) electrons. The highest BCUT2D eigenvalue weighted by Crippen LogP contribution is 2.47. The van der Waals surface area contributed by atoms with E-state index in [9.17, 15) is 4.79 Å². The van der Waals surface area contributed by atoms with Gasteiger partial charge in [-0.15, -0.1) is 0 Å². The molecule has 0 aliphatic heterocycles. The summed E-state index contributed by atoms with van der Waals surface area (Å²) >= 11 is 0. The fourth-order valence-electron chi connectivity index (χ4n) is 1.87. The van der Waals surface area contributed by atoms with E-state index < -0.39 is 5.97 Å². The van der Waals surface area contributed by atoms with Crippen LogP contribution in [0, 0.1) is 5.92 Å². The summed E-state index contributed by atoms with van der Waals surface area (Å²) in [6.07, 6.45) is 0.784. The highest BCUT2D eigenvalue weighted by molar-refractivity contribution is 5.75. The number of anilines is 1. The lowest BCUT2D eigenvalue weighted by Crippen LogP contribution is -2.08. The Balaban J connectivity index is 2.17. The summed E-state index contributed by atoms with van der Waals surface area (Å²) < 4.78 is 0. The number of aliphatic carboxylic acids is 1. The second-order valence-corrected chi connectivity index (χ2v) is 4.28. The molecule has 0 spiro atoms. The van der Waals surface area contributed by atoms with Crippen molar-refractivity contribution in [1.29, 1.82) is 0 Å². The van der Waals surface area contributed by atoms with Gasteiger partial charge in [0.05, 0.1) is 5.92 Å². The summed E-state index contributed by atoms with van der Waals surface area (Å²) in [4.78, 5) is 12.8. The maximum Gasteiger partial charge on any atom is 0.307 e. The van der Waals surface area contributed by atoms with Crippen LogP contribution in [0.5, 0.6) is 0 Å². The fourth-order valence-corrected chi connectivity index (χ4v) is 1.87. The quantitative estimate of drug-likeness (QED) is 0.819. The van der Waals surface area contributed by atoms with E-state index in [1.54, 1.807) is 0 Å². The average molecular weight is 205 g/mol. The van der Waals surface area contributed by atoms with Crippen molar-refractivity contribution in [1.82, 2.24) is 0 Å². The molecule has 0 bridgehead atoms. The minimum atomic E-state index is -0.671. The predicted molar refractivity (Wildman–Crippen MR) is 59.3 cm³/mol. The zero-order chi connectivity index (χ0) is 11.0. The Morgan fingerprint density at radius 2 is 2.20 bits per heavy atom. The summed E-state index contributed by atoms with van der Waals surface area (Å²) in [6.45, 7) is 0. The van der Waals surface area contributed by atoms with Crippen LogP contribution in [-0.4, -0.2) is 25.2 Å². The molecule has 1 N–H and O–H groups in total. The Morgan fingerprint density at radius 1 is 1.47 bits per heavy atom. The molecule has 3 nitrogen and oxygen atoms in total. The third kappa shape index (κ3) is 1.96. The molecule has 3 heteroatoms. The summed E-state index contributed by atoms with van der Waals surface area (Å²) in [7, 11) is 3.97. The number of nitrogens with zero attached hydrogens (tertiary/aromatic N) is 1. The lowest BCUT2D eigenvalue weighted by atomic mass is 10.1. The molecule has 0 saturated heterocycles. The Bertz CT molecular complexity index is 387. The van der Waals surface area contributed by atoms with Crippen molar-refractivity contribution in [3.05, 3.63) is 29.8 Å². The van der Waals surface area contributed by atoms with Gasteiger partial charge in [0, 0.05) is 19.8 Å². The van der Waals surface area contributed by atoms with E-state index >= 15 is 0 Å². The number of carboxylic acids is 1. The molecule has 1 aliphatic carbocycles. The molecule has 2 atom stereocenters. The van der Waals surface area contributed by atoms with Crippen molar-refractivity contribution in [3.8, 4) is 0 Å². The molecule has 0 unspecified atom stereocenters. The van der Waals surface area contributed by atoms with E-state index in [1.807, 2.05) is 37.2 Å². The molecule has 15 heavy (non-hydrogen) atoms. The van der Waals surface area contributed by atoms with Crippen LogP contribution in [0.1, 0.15) is 17.9 Å². The van der Waals surface area contributed by atoms with Crippen molar-refractivity contribution >= 4 is 11.7 Å². The number of carboxylic acid groups (broad SMARTS) is 1. The average Bonchev–Trinajstić information content (AvgIpc) is 2.97. The first-order valence-electron chi connectivity index (χ1n) is 5.09. The molecule has 0 amide bonds. The third-order valence-corrected chi connectivity index (χ3v) is 2.92. The highest BCUT2D eigenvalue weighted by Gasteiger charge is 2.44. The molecule has 0 aromatic heterocycles. The van der Waals surface area contributed by atoms with E-state index in [0.717, 1.165) is 17.7 Å². The minimum Gasteiger partial charge on any atom is -0.481 e. The smallest absolute Gasteiger partial charge is 0.307 e. The van der Waals surface area contributed by atoms with Gasteiger partial charge in [0.15, 0.2) is 0 Å². The monoisotopic (exact) mass is 205 g/mol. The van der Waals surface area contributed by atoms with Crippen LogP contribution in [0.25, 0.3) is 0 Å².